The molecule has 0 amide bonds. The summed E-state index contributed by atoms with van der Waals surface area (Å²) < 4.78 is 11.0. The van der Waals surface area contributed by atoms with Crippen molar-refractivity contribution >= 4 is 17.3 Å². The number of nitrogens with one attached hydrogen (secondary N) is 1. The van der Waals surface area contributed by atoms with E-state index < -0.39 is 0 Å². The van der Waals surface area contributed by atoms with Gasteiger partial charge in [0.1, 0.15) is 5.75 Å². The molecule has 2 rings (SSSR count). The van der Waals surface area contributed by atoms with Gasteiger partial charge in [-0.15, -0.1) is 0 Å². The third kappa shape index (κ3) is 3.30. The number of halogens is 1. The molecule has 1 unspecified atom stereocenters. The number of benzene rings is 1. The summed E-state index contributed by atoms with van der Waals surface area (Å²) >= 11 is 6.08. The number of methoxy groups -OCH3 is 1. The summed E-state index contributed by atoms with van der Waals surface area (Å²) in [5.41, 5.74) is 2.03. The first kappa shape index (κ1) is 13.5. The van der Waals surface area contributed by atoms with Crippen LogP contribution in [0.3, 0.4) is 0 Å². The SMILES string of the molecule is COc1cc(Cl)c(C)cc1NCC1CCCCO1. The van der Waals surface area contributed by atoms with Crippen molar-refractivity contribution in [3.63, 3.8) is 0 Å². The van der Waals surface area contributed by atoms with Crippen LogP contribution < -0.4 is 10.1 Å². The Balaban J connectivity index is 2.01. The minimum absolute atomic E-state index is 0.305. The van der Waals surface area contributed by atoms with Crippen molar-refractivity contribution in [1.82, 2.24) is 0 Å². The Hall–Kier alpha value is -0.930. The van der Waals surface area contributed by atoms with Crippen molar-refractivity contribution in [2.24, 2.45) is 0 Å². The maximum Gasteiger partial charge on any atom is 0.143 e. The fourth-order valence-corrected chi connectivity index (χ4v) is 2.32. The molecule has 3 nitrogen and oxygen atoms in total. The van der Waals surface area contributed by atoms with Crippen LogP contribution in [0.1, 0.15) is 24.8 Å². The Labute approximate surface area is 113 Å². The Morgan fingerprint density at radius 2 is 2.28 bits per heavy atom. The molecule has 0 bridgehead atoms. The summed E-state index contributed by atoms with van der Waals surface area (Å²) in [4.78, 5) is 0. The normalized spacial score (nSPS) is 19.6. The molecule has 1 N–H and O–H groups in total. The first-order chi connectivity index (χ1) is 8.70. The lowest BCUT2D eigenvalue weighted by Gasteiger charge is -2.24. The van der Waals surface area contributed by atoms with Gasteiger partial charge in [0.05, 0.1) is 18.9 Å². The van der Waals surface area contributed by atoms with Gasteiger partial charge in [0, 0.05) is 24.2 Å². The van der Waals surface area contributed by atoms with Crippen LogP contribution in [-0.4, -0.2) is 26.4 Å². The number of hydrogen-bond acceptors (Lipinski definition) is 3. The van der Waals surface area contributed by atoms with Gasteiger partial charge in [-0.2, -0.15) is 0 Å². The van der Waals surface area contributed by atoms with E-state index in [1.807, 2.05) is 19.1 Å². The van der Waals surface area contributed by atoms with Crippen LogP contribution in [0, 0.1) is 6.92 Å². The van der Waals surface area contributed by atoms with Crippen LogP contribution in [0.5, 0.6) is 5.75 Å². The zero-order valence-electron chi connectivity index (χ0n) is 11.0. The molecular formula is C14H20ClNO2. The third-order valence-electron chi connectivity index (χ3n) is 3.27. The molecule has 100 valence electrons. The first-order valence-corrected chi connectivity index (χ1v) is 6.78. The highest BCUT2D eigenvalue weighted by Gasteiger charge is 2.14. The van der Waals surface area contributed by atoms with E-state index in [0.29, 0.717) is 6.10 Å². The van der Waals surface area contributed by atoms with E-state index in [0.717, 1.165) is 41.6 Å². The van der Waals surface area contributed by atoms with E-state index in [1.54, 1.807) is 7.11 Å². The largest absolute Gasteiger partial charge is 0.495 e. The second-order valence-corrected chi connectivity index (χ2v) is 5.08. The molecule has 0 aromatic heterocycles. The lowest BCUT2D eigenvalue weighted by Crippen LogP contribution is -2.27. The molecule has 1 heterocycles. The summed E-state index contributed by atoms with van der Waals surface area (Å²) in [6.07, 6.45) is 3.87. The van der Waals surface area contributed by atoms with Gasteiger partial charge in [0.2, 0.25) is 0 Å². The van der Waals surface area contributed by atoms with Crippen molar-refractivity contribution < 1.29 is 9.47 Å². The minimum atomic E-state index is 0.305. The van der Waals surface area contributed by atoms with Crippen molar-refractivity contribution in [2.45, 2.75) is 32.3 Å². The van der Waals surface area contributed by atoms with E-state index in [9.17, 15) is 0 Å². The Morgan fingerprint density at radius 1 is 1.44 bits per heavy atom. The molecule has 1 aliphatic heterocycles. The molecule has 0 spiro atoms. The van der Waals surface area contributed by atoms with Crippen molar-refractivity contribution in [3.8, 4) is 5.75 Å². The smallest absolute Gasteiger partial charge is 0.143 e. The number of ether oxygens (including phenoxy) is 2. The second kappa shape index (κ2) is 6.30. The molecule has 1 aromatic carbocycles. The number of aryl methyl sites for hydroxylation is 1. The fraction of sp³-hybridized carbons (Fsp3) is 0.571. The molecule has 1 aliphatic rings. The predicted octanol–water partition coefficient (Wildman–Crippen LogP) is 3.64. The summed E-state index contributed by atoms with van der Waals surface area (Å²) in [6, 6.07) is 3.87. The van der Waals surface area contributed by atoms with Crippen LogP contribution in [-0.2, 0) is 4.74 Å². The quantitative estimate of drug-likeness (QED) is 0.905. The van der Waals surface area contributed by atoms with Gasteiger partial charge in [-0.1, -0.05) is 11.6 Å². The molecule has 1 saturated heterocycles. The minimum Gasteiger partial charge on any atom is -0.495 e. The van der Waals surface area contributed by atoms with Crippen molar-refractivity contribution in [1.29, 1.82) is 0 Å². The molecule has 1 aromatic rings. The lowest BCUT2D eigenvalue weighted by molar-refractivity contribution is 0.0247. The van der Waals surface area contributed by atoms with Gasteiger partial charge in [-0.25, -0.2) is 0 Å². The van der Waals surface area contributed by atoms with Crippen LogP contribution >= 0.6 is 11.6 Å². The highest BCUT2D eigenvalue weighted by molar-refractivity contribution is 6.31. The topological polar surface area (TPSA) is 30.5 Å². The van der Waals surface area contributed by atoms with Gasteiger partial charge >= 0.3 is 0 Å². The summed E-state index contributed by atoms with van der Waals surface area (Å²) in [6.45, 7) is 3.69. The average molecular weight is 270 g/mol. The van der Waals surface area contributed by atoms with E-state index in [-0.39, 0.29) is 0 Å². The zero-order chi connectivity index (χ0) is 13.0. The molecule has 0 radical (unpaired) electrons. The van der Waals surface area contributed by atoms with Gasteiger partial charge in [0.25, 0.3) is 0 Å². The summed E-state index contributed by atoms with van der Waals surface area (Å²) in [7, 11) is 1.66. The highest BCUT2D eigenvalue weighted by Crippen LogP contribution is 2.31. The number of rotatable bonds is 4. The van der Waals surface area contributed by atoms with Crippen LogP contribution in [0.25, 0.3) is 0 Å². The van der Waals surface area contributed by atoms with Crippen LogP contribution in [0.4, 0.5) is 5.69 Å². The number of hydrogen-bond donors (Lipinski definition) is 1. The highest BCUT2D eigenvalue weighted by atomic mass is 35.5. The average Bonchev–Trinajstić information content (AvgIpc) is 2.41. The Bertz CT molecular complexity index is 403. The van der Waals surface area contributed by atoms with E-state index in [1.165, 1.54) is 12.8 Å². The summed E-state index contributed by atoms with van der Waals surface area (Å²) in [5, 5.41) is 4.12. The standard InChI is InChI=1S/C14H20ClNO2/c1-10-7-13(14(17-2)8-12(10)15)16-9-11-5-3-4-6-18-11/h7-8,11,16H,3-6,9H2,1-2H3. The monoisotopic (exact) mass is 269 g/mol. The van der Waals surface area contributed by atoms with Crippen LogP contribution in [0.2, 0.25) is 5.02 Å². The maximum atomic E-state index is 6.08. The number of anilines is 1. The van der Waals surface area contributed by atoms with Gasteiger partial charge in [-0.3, -0.25) is 0 Å². The van der Waals surface area contributed by atoms with E-state index in [2.05, 4.69) is 5.32 Å². The third-order valence-corrected chi connectivity index (χ3v) is 3.68. The lowest BCUT2D eigenvalue weighted by atomic mass is 10.1. The van der Waals surface area contributed by atoms with Gasteiger partial charge in [0.15, 0.2) is 0 Å². The molecule has 4 heteroatoms. The van der Waals surface area contributed by atoms with Gasteiger partial charge < -0.3 is 14.8 Å². The Morgan fingerprint density at radius 3 is 2.94 bits per heavy atom. The van der Waals surface area contributed by atoms with E-state index in [4.69, 9.17) is 21.1 Å². The van der Waals surface area contributed by atoms with Crippen molar-refractivity contribution in [2.75, 3.05) is 25.6 Å². The fourth-order valence-electron chi connectivity index (χ4n) is 2.16. The summed E-state index contributed by atoms with van der Waals surface area (Å²) in [5.74, 6) is 0.779. The Kier molecular flexibility index (Phi) is 4.72. The molecule has 1 fully saturated rings. The zero-order valence-corrected chi connectivity index (χ0v) is 11.7. The predicted molar refractivity (Wildman–Crippen MR) is 74.8 cm³/mol. The van der Waals surface area contributed by atoms with Crippen molar-refractivity contribution in [3.05, 3.63) is 22.7 Å². The maximum absolute atomic E-state index is 6.08. The first-order valence-electron chi connectivity index (χ1n) is 6.40. The molecule has 0 aliphatic carbocycles. The molecule has 1 atom stereocenters. The van der Waals surface area contributed by atoms with E-state index >= 15 is 0 Å². The second-order valence-electron chi connectivity index (χ2n) is 4.67. The van der Waals surface area contributed by atoms with Gasteiger partial charge in [-0.05, 0) is 37.8 Å². The molecule has 18 heavy (non-hydrogen) atoms. The van der Waals surface area contributed by atoms with Crippen LogP contribution in [0.15, 0.2) is 12.1 Å². The molecular weight excluding hydrogens is 250 g/mol. The molecule has 0 saturated carbocycles.